The van der Waals surface area contributed by atoms with Crippen molar-refractivity contribution >= 4 is 16.6 Å². The van der Waals surface area contributed by atoms with Gasteiger partial charge in [-0.25, -0.2) is 0 Å². The first-order valence-corrected chi connectivity index (χ1v) is 20.0. The molecule has 200 valence electrons. The molecular weight excluding hydrogens is 449 g/mol. The van der Waals surface area contributed by atoms with Crippen LogP contribution in [0.15, 0.2) is 11.6 Å². The summed E-state index contributed by atoms with van der Waals surface area (Å²) in [5.74, 6) is 1.44. The molecular formula is C30H60O2Si2. The van der Waals surface area contributed by atoms with E-state index >= 15 is 0 Å². The molecule has 2 aliphatic carbocycles. The molecule has 0 aliphatic heterocycles. The summed E-state index contributed by atoms with van der Waals surface area (Å²) >= 11 is 0. The summed E-state index contributed by atoms with van der Waals surface area (Å²) in [6.07, 6.45) is 11.9. The van der Waals surface area contributed by atoms with Crippen molar-refractivity contribution in [3.05, 3.63) is 11.6 Å². The molecule has 2 nitrogen and oxygen atoms in total. The molecule has 4 atom stereocenters. The summed E-state index contributed by atoms with van der Waals surface area (Å²) in [7, 11) is -3.49. The van der Waals surface area contributed by atoms with E-state index in [2.05, 4.69) is 102 Å². The molecule has 34 heavy (non-hydrogen) atoms. The number of hydrogen-bond acceptors (Lipinski definition) is 2. The third-order valence-electron chi connectivity index (χ3n) is 10.4. The Bertz CT molecular complexity index is 723. The fraction of sp³-hybridized carbons (Fsp3) is 0.933. The largest absolute Gasteiger partial charge is 0.414 e. The second kappa shape index (κ2) is 10.1. The Morgan fingerprint density at radius 1 is 0.882 bits per heavy atom. The Morgan fingerprint density at radius 3 is 1.97 bits per heavy atom. The Labute approximate surface area is 216 Å². The molecule has 2 fully saturated rings. The quantitative estimate of drug-likeness (QED) is 0.240. The zero-order chi connectivity index (χ0) is 26.4. The molecule has 0 amide bonds. The maximum Gasteiger partial charge on any atom is 0.192 e. The van der Waals surface area contributed by atoms with Gasteiger partial charge in [-0.1, -0.05) is 66.5 Å². The molecule has 0 aromatic heterocycles. The van der Waals surface area contributed by atoms with Crippen LogP contribution in [-0.4, -0.2) is 28.3 Å². The Hall–Kier alpha value is 0.0938. The summed E-state index contributed by atoms with van der Waals surface area (Å²) < 4.78 is 13.8. The van der Waals surface area contributed by atoms with E-state index in [0.29, 0.717) is 17.4 Å². The smallest absolute Gasteiger partial charge is 0.192 e. The third-order valence-corrected chi connectivity index (χ3v) is 19.6. The zero-order valence-electron chi connectivity index (χ0n) is 25.6. The normalized spacial score (nSPS) is 29.9. The highest BCUT2D eigenvalue weighted by atomic mass is 28.4. The van der Waals surface area contributed by atoms with Gasteiger partial charge < -0.3 is 8.85 Å². The molecule has 0 N–H and O–H groups in total. The summed E-state index contributed by atoms with van der Waals surface area (Å²) in [5.41, 5.74) is 1.97. The van der Waals surface area contributed by atoms with Crippen molar-refractivity contribution in [1.29, 1.82) is 0 Å². The van der Waals surface area contributed by atoms with Gasteiger partial charge in [0.05, 0.1) is 5.60 Å². The van der Waals surface area contributed by atoms with Crippen LogP contribution in [-0.2, 0) is 8.85 Å². The van der Waals surface area contributed by atoms with Gasteiger partial charge in [-0.05, 0) is 113 Å². The van der Waals surface area contributed by atoms with Gasteiger partial charge in [0, 0.05) is 6.10 Å². The first-order valence-electron chi connectivity index (χ1n) is 14.2. The van der Waals surface area contributed by atoms with E-state index in [9.17, 15) is 0 Å². The molecule has 2 rings (SSSR count). The number of hydrogen-bond donors (Lipinski definition) is 0. The van der Waals surface area contributed by atoms with Crippen LogP contribution in [0.2, 0.25) is 36.3 Å². The second-order valence-electron chi connectivity index (χ2n) is 15.7. The van der Waals surface area contributed by atoms with Gasteiger partial charge in [-0.3, -0.25) is 0 Å². The van der Waals surface area contributed by atoms with E-state index in [1.807, 2.05) is 0 Å². The number of fused-ring (bicyclic) bond motifs is 1. The molecule has 4 heteroatoms. The average molecular weight is 509 g/mol. The lowest BCUT2D eigenvalue weighted by atomic mass is 9.63. The zero-order valence-corrected chi connectivity index (χ0v) is 27.6. The van der Waals surface area contributed by atoms with Gasteiger partial charge in [0.1, 0.15) is 0 Å². The molecule has 0 aromatic carbocycles. The Morgan fingerprint density at radius 2 is 1.44 bits per heavy atom. The topological polar surface area (TPSA) is 18.5 Å². The lowest BCUT2D eigenvalue weighted by Crippen LogP contribution is -2.49. The van der Waals surface area contributed by atoms with Crippen LogP contribution in [0.5, 0.6) is 0 Å². The van der Waals surface area contributed by atoms with Gasteiger partial charge in [0.2, 0.25) is 0 Å². The first-order chi connectivity index (χ1) is 15.1. The van der Waals surface area contributed by atoms with E-state index < -0.39 is 16.6 Å². The minimum atomic E-state index is -1.75. The molecule has 0 bridgehead atoms. The van der Waals surface area contributed by atoms with Gasteiger partial charge in [0.25, 0.3) is 0 Å². The first kappa shape index (κ1) is 30.3. The minimum absolute atomic E-state index is 0.0607. The highest BCUT2D eigenvalue weighted by molar-refractivity contribution is 6.74. The van der Waals surface area contributed by atoms with Crippen LogP contribution in [0.4, 0.5) is 0 Å². The highest BCUT2D eigenvalue weighted by Gasteiger charge is 2.53. The van der Waals surface area contributed by atoms with Crippen molar-refractivity contribution < 1.29 is 8.85 Å². The molecule has 0 spiro atoms. The molecule has 0 aromatic rings. The molecule has 2 saturated carbocycles. The lowest BCUT2D eigenvalue weighted by Gasteiger charge is -2.49. The number of allylic oxidation sites excluding steroid dienone is 2. The van der Waals surface area contributed by atoms with Gasteiger partial charge >= 0.3 is 0 Å². The summed E-state index contributed by atoms with van der Waals surface area (Å²) in [6.45, 7) is 33.4. The van der Waals surface area contributed by atoms with Gasteiger partial charge in [-0.15, -0.1) is 0 Å². The summed E-state index contributed by atoms with van der Waals surface area (Å²) in [4.78, 5) is 0. The van der Waals surface area contributed by atoms with Gasteiger partial charge in [-0.2, -0.15) is 0 Å². The fourth-order valence-corrected chi connectivity index (χ4v) is 9.43. The maximum absolute atomic E-state index is 7.06. The Balaban J connectivity index is 2.07. The molecule has 2 aliphatic rings. The van der Waals surface area contributed by atoms with Crippen LogP contribution in [0.25, 0.3) is 0 Å². The van der Waals surface area contributed by atoms with Crippen LogP contribution in [0.3, 0.4) is 0 Å². The van der Waals surface area contributed by atoms with Crippen molar-refractivity contribution in [2.24, 2.45) is 17.3 Å². The number of rotatable bonds is 8. The standard InChI is InChI=1S/C30H60O2Si2/c1-23(17-15-21-29(8,9)32-34(13,14)28(5,6)7)24-19-20-25-26(18-16-22-30(24,25)10)31-33(11,12)27(2,3)4/h17,24-26H,15-16,18-22H2,1-14H3/t24-,25+,26+,30-/m1/s1. The van der Waals surface area contributed by atoms with Crippen molar-refractivity contribution in [2.75, 3.05) is 0 Å². The van der Waals surface area contributed by atoms with Crippen LogP contribution in [0.1, 0.15) is 114 Å². The lowest BCUT2D eigenvalue weighted by molar-refractivity contribution is -0.00347. The predicted molar refractivity (Wildman–Crippen MR) is 156 cm³/mol. The summed E-state index contributed by atoms with van der Waals surface area (Å²) in [5, 5.41) is 0.543. The SMILES string of the molecule is CC(=CCCC(C)(C)O[Si](C)(C)C(C)(C)C)[C@H]1CC[C@H]2[C@@H](O[Si](C)(C)C(C)(C)C)CCC[C@]12C. The highest BCUT2D eigenvalue weighted by Crippen LogP contribution is 2.59. The van der Waals surface area contributed by atoms with E-state index in [1.54, 1.807) is 5.57 Å². The van der Waals surface area contributed by atoms with E-state index in [-0.39, 0.29) is 15.7 Å². The molecule has 0 radical (unpaired) electrons. The second-order valence-corrected chi connectivity index (χ2v) is 25.1. The fourth-order valence-electron chi connectivity index (χ4n) is 6.25. The molecule has 0 heterocycles. The Kier molecular flexibility index (Phi) is 9.01. The molecule has 0 saturated heterocycles. The van der Waals surface area contributed by atoms with Crippen molar-refractivity contribution in [1.82, 2.24) is 0 Å². The summed E-state index contributed by atoms with van der Waals surface area (Å²) in [6, 6.07) is 0. The van der Waals surface area contributed by atoms with Crippen LogP contribution >= 0.6 is 0 Å². The van der Waals surface area contributed by atoms with Crippen LogP contribution in [0, 0.1) is 17.3 Å². The average Bonchev–Trinajstić information content (AvgIpc) is 2.96. The maximum atomic E-state index is 7.06. The predicted octanol–water partition coefficient (Wildman–Crippen LogP) is 10.1. The van der Waals surface area contributed by atoms with E-state index in [1.165, 1.54) is 32.1 Å². The van der Waals surface area contributed by atoms with Crippen molar-refractivity contribution in [3.8, 4) is 0 Å². The molecule has 0 unspecified atom stereocenters. The minimum Gasteiger partial charge on any atom is -0.414 e. The van der Waals surface area contributed by atoms with Crippen molar-refractivity contribution in [3.63, 3.8) is 0 Å². The van der Waals surface area contributed by atoms with Crippen LogP contribution < -0.4 is 0 Å². The van der Waals surface area contributed by atoms with E-state index in [4.69, 9.17) is 8.85 Å². The van der Waals surface area contributed by atoms with Crippen molar-refractivity contribution in [2.45, 2.75) is 162 Å². The third kappa shape index (κ3) is 6.69. The monoisotopic (exact) mass is 508 g/mol. The van der Waals surface area contributed by atoms with E-state index in [0.717, 1.165) is 18.8 Å². The van der Waals surface area contributed by atoms with Gasteiger partial charge in [0.15, 0.2) is 16.6 Å².